The number of hydrogen-bond acceptors (Lipinski definition) is 4. The zero-order chi connectivity index (χ0) is 17.7. The van der Waals surface area contributed by atoms with Crippen molar-refractivity contribution < 1.29 is 19.1 Å². The highest BCUT2D eigenvalue weighted by atomic mass is 16.5. The zero-order valence-electron chi connectivity index (χ0n) is 14.2. The summed E-state index contributed by atoms with van der Waals surface area (Å²) in [6, 6.07) is 5.55. The molecule has 1 aromatic rings. The molecule has 2 bridgehead atoms. The van der Waals surface area contributed by atoms with Gasteiger partial charge in [-0.2, -0.15) is 5.01 Å². The number of imide groups is 1. The minimum Gasteiger partial charge on any atom is -0.484 e. The van der Waals surface area contributed by atoms with Crippen LogP contribution in [0, 0.1) is 37.5 Å². The summed E-state index contributed by atoms with van der Waals surface area (Å²) in [6.45, 7) is 3.71. The highest BCUT2D eigenvalue weighted by Gasteiger charge is 2.59. The molecule has 2 fully saturated rings. The minimum atomic E-state index is -0.514. The zero-order valence-corrected chi connectivity index (χ0v) is 14.2. The molecule has 6 heteroatoms. The quantitative estimate of drug-likeness (QED) is 0.666. The van der Waals surface area contributed by atoms with Crippen LogP contribution in [0.1, 0.15) is 17.5 Å². The van der Waals surface area contributed by atoms with Gasteiger partial charge in [-0.05, 0) is 55.4 Å². The highest BCUT2D eigenvalue weighted by Crippen LogP contribution is 2.52. The van der Waals surface area contributed by atoms with Crippen LogP contribution in [0.25, 0.3) is 0 Å². The molecule has 130 valence electrons. The first-order valence-electron chi connectivity index (χ1n) is 8.51. The number of hydrogen-bond donors (Lipinski definition) is 1. The fourth-order valence-electron chi connectivity index (χ4n) is 4.12. The molecule has 1 aliphatic heterocycles. The van der Waals surface area contributed by atoms with E-state index in [0.29, 0.717) is 5.75 Å². The molecule has 3 aliphatic rings. The van der Waals surface area contributed by atoms with Crippen molar-refractivity contribution in [2.45, 2.75) is 20.3 Å². The van der Waals surface area contributed by atoms with E-state index in [1.807, 2.05) is 38.1 Å². The third-order valence-electron chi connectivity index (χ3n) is 5.56. The maximum Gasteiger partial charge on any atom is 0.276 e. The van der Waals surface area contributed by atoms with Gasteiger partial charge in [-0.1, -0.05) is 18.2 Å². The maximum absolute atomic E-state index is 12.5. The van der Waals surface area contributed by atoms with Crippen molar-refractivity contribution in [3.63, 3.8) is 0 Å². The number of nitrogens with zero attached hydrogens (tertiary/aromatic N) is 1. The van der Waals surface area contributed by atoms with Gasteiger partial charge in [-0.25, -0.2) is 0 Å². The summed E-state index contributed by atoms with van der Waals surface area (Å²) in [6.07, 6.45) is 4.90. The van der Waals surface area contributed by atoms with Crippen LogP contribution in [-0.2, 0) is 14.4 Å². The smallest absolute Gasteiger partial charge is 0.276 e. The average Bonchev–Trinajstić information content (AvgIpc) is 3.26. The molecule has 1 aromatic carbocycles. The lowest BCUT2D eigenvalue weighted by Gasteiger charge is -2.18. The van der Waals surface area contributed by atoms with Crippen LogP contribution >= 0.6 is 0 Å². The number of carbonyl (C=O) groups is 3. The normalized spacial score (nSPS) is 29.3. The Morgan fingerprint density at radius 2 is 1.76 bits per heavy atom. The molecule has 0 aromatic heterocycles. The van der Waals surface area contributed by atoms with E-state index in [2.05, 4.69) is 5.43 Å². The van der Waals surface area contributed by atoms with E-state index in [9.17, 15) is 14.4 Å². The SMILES string of the molecule is Cc1ccc(OCC(=O)NN2C(=O)[C@@H]3[C@@H](C2=O)[C@H]2C=C[C@H]3C2)cc1C. The van der Waals surface area contributed by atoms with Gasteiger partial charge in [0.05, 0.1) is 11.8 Å². The van der Waals surface area contributed by atoms with E-state index in [1.165, 1.54) is 0 Å². The van der Waals surface area contributed by atoms with Gasteiger partial charge < -0.3 is 4.74 Å². The second-order valence-electron chi connectivity index (χ2n) is 7.08. The van der Waals surface area contributed by atoms with Crippen molar-refractivity contribution in [2.24, 2.45) is 23.7 Å². The van der Waals surface area contributed by atoms with Crippen LogP contribution in [0.15, 0.2) is 30.4 Å². The molecule has 1 saturated heterocycles. The number of benzene rings is 1. The van der Waals surface area contributed by atoms with Crippen LogP contribution in [0.2, 0.25) is 0 Å². The fraction of sp³-hybridized carbons (Fsp3) is 0.421. The van der Waals surface area contributed by atoms with Gasteiger partial charge >= 0.3 is 0 Å². The number of rotatable bonds is 4. The number of amides is 3. The molecule has 1 saturated carbocycles. The lowest BCUT2D eigenvalue weighted by molar-refractivity contribution is -0.150. The lowest BCUT2D eigenvalue weighted by Crippen LogP contribution is -2.48. The van der Waals surface area contributed by atoms with Gasteiger partial charge in [0.1, 0.15) is 5.75 Å². The summed E-state index contributed by atoms with van der Waals surface area (Å²) < 4.78 is 5.46. The Morgan fingerprint density at radius 1 is 1.12 bits per heavy atom. The Labute approximate surface area is 145 Å². The van der Waals surface area contributed by atoms with Crippen LogP contribution in [0.3, 0.4) is 0 Å². The minimum absolute atomic E-state index is 0.125. The van der Waals surface area contributed by atoms with Gasteiger partial charge in [-0.3, -0.25) is 19.8 Å². The molecule has 1 heterocycles. The Morgan fingerprint density at radius 3 is 2.36 bits per heavy atom. The number of ether oxygens (including phenoxy) is 1. The standard InChI is InChI=1S/C19H20N2O4/c1-10-3-6-14(7-11(10)2)25-9-15(22)20-21-18(23)16-12-4-5-13(8-12)17(16)19(21)24/h3-7,12-13,16-17H,8-9H2,1-2H3,(H,20,22)/t12-,13-,16-,17-/m0/s1. The van der Waals surface area contributed by atoms with Crippen molar-refractivity contribution in [3.05, 3.63) is 41.5 Å². The van der Waals surface area contributed by atoms with Crippen molar-refractivity contribution >= 4 is 17.7 Å². The number of carbonyl (C=O) groups excluding carboxylic acids is 3. The number of allylic oxidation sites excluding steroid dienone is 2. The molecular formula is C19H20N2O4. The molecule has 1 N–H and O–H groups in total. The summed E-state index contributed by atoms with van der Waals surface area (Å²) in [4.78, 5) is 37.1. The highest BCUT2D eigenvalue weighted by molar-refractivity contribution is 6.07. The van der Waals surface area contributed by atoms with Gasteiger partial charge in [0.2, 0.25) is 0 Å². The molecule has 0 spiro atoms. The van der Waals surface area contributed by atoms with E-state index in [1.54, 1.807) is 6.07 Å². The third-order valence-corrected chi connectivity index (χ3v) is 5.56. The van der Waals surface area contributed by atoms with Gasteiger partial charge in [0, 0.05) is 0 Å². The van der Waals surface area contributed by atoms with Crippen LogP contribution in [0.5, 0.6) is 5.75 Å². The monoisotopic (exact) mass is 340 g/mol. The summed E-state index contributed by atoms with van der Waals surface area (Å²) in [7, 11) is 0. The average molecular weight is 340 g/mol. The van der Waals surface area contributed by atoms with Crippen LogP contribution in [0.4, 0.5) is 0 Å². The molecule has 0 unspecified atom stereocenters. The topological polar surface area (TPSA) is 75.7 Å². The first kappa shape index (κ1) is 15.9. The number of fused-ring (bicyclic) bond motifs is 5. The van der Waals surface area contributed by atoms with Crippen molar-refractivity contribution in [1.82, 2.24) is 10.4 Å². The van der Waals surface area contributed by atoms with E-state index >= 15 is 0 Å². The molecule has 0 radical (unpaired) electrons. The van der Waals surface area contributed by atoms with Gasteiger partial charge in [0.15, 0.2) is 6.61 Å². The van der Waals surface area contributed by atoms with Gasteiger partial charge in [0.25, 0.3) is 17.7 Å². The Hall–Kier alpha value is -2.63. The van der Waals surface area contributed by atoms with E-state index in [-0.39, 0.29) is 42.1 Å². The number of nitrogens with one attached hydrogen (secondary N) is 1. The lowest BCUT2D eigenvalue weighted by atomic mass is 9.85. The molecule has 2 aliphatic carbocycles. The molecular weight excluding hydrogens is 320 g/mol. The third kappa shape index (κ3) is 2.52. The van der Waals surface area contributed by atoms with E-state index in [4.69, 9.17) is 4.74 Å². The molecule has 4 rings (SSSR count). The molecule has 6 nitrogen and oxygen atoms in total. The second kappa shape index (κ2) is 5.72. The number of hydrazine groups is 1. The predicted octanol–water partition coefficient (Wildman–Crippen LogP) is 1.52. The second-order valence-corrected chi connectivity index (χ2v) is 7.08. The van der Waals surface area contributed by atoms with E-state index in [0.717, 1.165) is 22.6 Å². The summed E-state index contributed by atoms with van der Waals surface area (Å²) in [5.41, 5.74) is 4.62. The Balaban J connectivity index is 1.37. The summed E-state index contributed by atoms with van der Waals surface area (Å²) >= 11 is 0. The van der Waals surface area contributed by atoms with Crippen molar-refractivity contribution in [3.8, 4) is 5.75 Å². The Kier molecular flexibility index (Phi) is 3.63. The number of aryl methyl sites for hydroxylation is 2. The molecule has 25 heavy (non-hydrogen) atoms. The first-order chi connectivity index (χ1) is 12.0. The largest absolute Gasteiger partial charge is 0.484 e. The molecule has 3 amide bonds. The van der Waals surface area contributed by atoms with E-state index < -0.39 is 5.91 Å². The maximum atomic E-state index is 12.5. The Bertz CT molecular complexity index is 771. The predicted molar refractivity (Wildman–Crippen MR) is 89.1 cm³/mol. The van der Waals surface area contributed by atoms with Crippen molar-refractivity contribution in [1.29, 1.82) is 0 Å². The van der Waals surface area contributed by atoms with Crippen LogP contribution < -0.4 is 10.2 Å². The summed E-state index contributed by atoms with van der Waals surface area (Å²) in [5, 5.41) is 0.896. The summed E-state index contributed by atoms with van der Waals surface area (Å²) in [5.74, 6) is -0.915. The molecule has 4 atom stereocenters. The fourth-order valence-corrected chi connectivity index (χ4v) is 4.12. The first-order valence-corrected chi connectivity index (χ1v) is 8.51. The van der Waals surface area contributed by atoms with Crippen LogP contribution in [-0.4, -0.2) is 29.3 Å². The van der Waals surface area contributed by atoms with Gasteiger partial charge in [-0.15, -0.1) is 0 Å². The van der Waals surface area contributed by atoms with Crippen molar-refractivity contribution in [2.75, 3.05) is 6.61 Å².